The highest BCUT2D eigenvalue weighted by Gasteiger charge is 2.42. The Labute approximate surface area is 152 Å². The van der Waals surface area contributed by atoms with E-state index in [1.165, 1.54) is 0 Å². The van der Waals surface area contributed by atoms with Crippen LogP contribution in [0.3, 0.4) is 0 Å². The monoisotopic (exact) mass is 396 g/mol. The van der Waals surface area contributed by atoms with Crippen molar-refractivity contribution in [2.75, 3.05) is 6.61 Å². The molecule has 0 unspecified atom stereocenters. The number of ketones is 1. The molecule has 0 aromatic heterocycles. The van der Waals surface area contributed by atoms with E-state index in [2.05, 4.69) is 22.9 Å². The molecular weight excluding hydrogens is 372 g/mol. The van der Waals surface area contributed by atoms with Crippen molar-refractivity contribution < 1.29 is 19.1 Å². The van der Waals surface area contributed by atoms with Crippen LogP contribution in [0, 0.1) is 5.92 Å². The molecule has 5 heteroatoms. The van der Waals surface area contributed by atoms with Crippen LogP contribution in [0.15, 0.2) is 28.7 Å². The molecule has 0 N–H and O–H groups in total. The highest BCUT2D eigenvalue weighted by atomic mass is 79.9. The molecule has 1 aliphatic heterocycles. The van der Waals surface area contributed by atoms with Gasteiger partial charge in [0.1, 0.15) is 0 Å². The van der Waals surface area contributed by atoms with Gasteiger partial charge >= 0.3 is 5.97 Å². The van der Waals surface area contributed by atoms with Crippen LogP contribution in [0.1, 0.15) is 57.6 Å². The quantitative estimate of drug-likeness (QED) is 0.365. The van der Waals surface area contributed by atoms with Gasteiger partial charge in [-0.05, 0) is 37.5 Å². The van der Waals surface area contributed by atoms with E-state index >= 15 is 0 Å². The highest BCUT2D eigenvalue weighted by Crippen LogP contribution is 2.40. The number of esters is 1. The van der Waals surface area contributed by atoms with Crippen molar-refractivity contribution in [3.8, 4) is 0 Å². The van der Waals surface area contributed by atoms with Crippen LogP contribution in [0.4, 0.5) is 0 Å². The molecule has 0 bridgehead atoms. The van der Waals surface area contributed by atoms with Gasteiger partial charge in [0.15, 0.2) is 0 Å². The third kappa shape index (κ3) is 4.90. The zero-order valence-corrected chi connectivity index (χ0v) is 15.9. The number of ether oxygens (including phenoxy) is 2. The summed E-state index contributed by atoms with van der Waals surface area (Å²) in [7, 11) is 0. The fourth-order valence-corrected chi connectivity index (χ4v) is 3.39. The second kappa shape index (κ2) is 9.33. The summed E-state index contributed by atoms with van der Waals surface area (Å²) in [4.78, 5) is 24.3. The van der Waals surface area contributed by atoms with Crippen molar-refractivity contribution in [1.29, 1.82) is 0 Å². The minimum absolute atomic E-state index is 0.145. The number of benzene rings is 1. The van der Waals surface area contributed by atoms with E-state index in [9.17, 15) is 9.59 Å². The maximum absolute atomic E-state index is 12.4. The maximum Gasteiger partial charge on any atom is 0.374 e. The Morgan fingerprint density at radius 1 is 1.21 bits per heavy atom. The Morgan fingerprint density at radius 2 is 1.92 bits per heavy atom. The second-order valence-electron chi connectivity index (χ2n) is 6.14. The topological polar surface area (TPSA) is 52.6 Å². The number of unbranched alkanes of at least 4 members (excludes halogenated alkanes) is 2. The lowest BCUT2D eigenvalue weighted by Crippen LogP contribution is -2.31. The smallest absolute Gasteiger partial charge is 0.374 e. The van der Waals surface area contributed by atoms with Crippen molar-refractivity contribution in [2.45, 2.75) is 58.2 Å². The van der Waals surface area contributed by atoms with Crippen LogP contribution in [-0.2, 0) is 19.1 Å². The van der Waals surface area contributed by atoms with Crippen molar-refractivity contribution in [1.82, 2.24) is 0 Å². The number of carbonyl (C=O) groups excluding carboxylic acids is 2. The molecule has 2 rings (SSSR count). The molecule has 3 atom stereocenters. The lowest BCUT2D eigenvalue weighted by atomic mass is 9.90. The Balaban J connectivity index is 2.10. The van der Waals surface area contributed by atoms with Gasteiger partial charge in [-0.2, -0.15) is 0 Å². The van der Waals surface area contributed by atoms with Crippen LogP contribution < -0.4 is 0 Å². The molecule has 1 heterocycles. The van der Waals surface area contributed by atoms with Crippen LogP contribution in [0.2, 0.25) is 0 Å². The van der Waals surface area contributed by atoms with Gasteiger partial charge in [0, 0.05) is 4.47 Å². The number of halogens is 1. The summed E-state index contributed by atoms with van der Waals surface area (Å²) in [6.07, 6.45) is 4.20. The summed E-state index contributed by atoms with van der Waals surface area (Å²) in [6, 6.07) is 7.92. The molecule has 0 radical (unpaired) electrons. The normalized spacial score (nSPS) is 23.2. The molecule has 132 valence electrons. The van der Waals surface area contributed by atoms with Gasteiger partial charge in [-0.1, -0.05) is 54.2 Å². The van der Waals surface area contributed by atoms with Gasteiger partial charge in [-0.15, -0.1) is 0 Å². The summed E-state index contributed by atoms with van der Waals surface area (Å²) in [5.74, 6) is -1.59. The summed E-state index contributed by atoms with van der Waals surface area (Å²) in [6.45, 7) is 4.07. The van der Waals surface area contributed by atoms with E-state index in [0.717, 1.165) is 35.7 Å². The van der Waals surface area contributed by atoms with E-state index in [0.29, 0.717) is 6.42 Å². The summed E-state index contributed by atoms with van der Waals surface area (Å²) in [5, 5.41) is 0. The Bertz CT molecular complexity index is 555. The lowest BCUT2D eigenvalue weighted by Gasteiger charge is -2.17. The fraction of sp³-hybridized carbons (Fsp3) is 0.579. The minimum atomic E-state index is -0.733. The van der Waals surface area contributed by atoms with Gasteiger partial charge in [0.2, 0.25) is 5.78 Å². The molecule has 0 spiro atoms. The molecule has 24 heavy (non-hydrogen) atoms. The van der Waals surface area contributed by atoms with E-state index < -0.39 is 17.7 Å². The van der Waals surface area contributed by atoms with Crippen molar-refractivity contribution in [3.05, 3.63) is 34.3 Å². The Hall–Kier alpha value is -1.20. The van der Waals surface area contributed by atoms with E-state index in [4.69, 9.17) is 9.47 Å². The largest absolute Gasteiger partial charge is 0.460 e. The molecule has 0 saturated carbocycles. The van der Waals surface area contributed by atoms with Crippen molar-refractivity contribution in [2.24, 2.45) is 5.92 Å². The van der Waals surface area contributed by atoms with Crippen LogP contribution in [0.25, 0.3) is 0 Å². The summed E-state index contributed by atoms with van der Waals surface area (Å²) >= 11 is 3.42. The molecule has 1 aromatic carbocycles. The molecule has 1 saturated heterocycles. The van der Waals surface area contributed by atoms with Crippen LogP contribution >= 0.6 is 15.9 Å². The number of rotatable bonds is 8. The molecule has 0 amide bonds. The first kappa shape index (κ1) is 19.1. The summed E-state index contributed by atoms with van der Waals surface area (Å²) in [5.41, 5.74) is 1.04. The number of Topliss-reactive ketones (excluding diaryl/α,β-unsaturated/α-hetero) is 1. The zero-order chi connectivity index (χ0) is 17.5. The van der Waals surface area contributed by atoms with Crippen molar-refractivity contribution >= 4 is 27.7 Å². The van der Waals surface area contributed by atoms with Gasteiger partial charge in [-0.25, -0.2) is 4.79 Å². The fourth-order valence-electron chi connectivity index (χ4n) is 3.13. The van der Waals surface area contributed by atoms with Crippen molar-refractivity contribution in [3.63, 3.8) is 0 Å². The molecule has 1 aromatic rings. The molecule has 4 nitrogen and oxygen atoms in total. The number of hydrogen-bond donors (Lipinski definition) is 0. The minimum Gasteiger partial charge on any atom is -0.460 e. The molecule has 1 aliphatic rings. The van der Waals surface area contributed by atoms with E-state index in [1.54, 1.807) is 6.92 Å². The highest BCUT2D eigenvalue weighted by molar-refractivity contribution is 9.10. The average Bonchev–Trinajstić information content (AvgIpc) is 2.99. The lowest BCUT2D eigenvalue weighted by molar-refractivity contribution is -0.156. The molecular formula is C19H25BrO4. The van der Waals surface area contributed by atoms with Crippen LogP contribution in [0.5, 0.6) is 0 Å². The van der Waals surface area contributed by atoms with E-state index in [1.807, 2.05) is 24.3 Å². The maximum atomic E-state index is 12.4. The van der Waals surface area contributed by atoms with Gasteiger partial charge < -0.3 is 9.47 Å². The number of carbonyl (C=O) groups is 2. The molecule has 0 aliphatic carbocycles. The van der Waals surface area contributed by atoms with Gasteiger partial charge in [0.25, 0.3) is 0 Å². The third-order valence-corrected chi connectivity index (χ3v) is 4.93. The predicted octanol–water partition coefficient (Wildman–Crippen LogP) is 4.61. The summed E-state index contributed by atoms with van der Waals surface area (Å²) < 4.78 is 12.1. The van der Waals surface area contributed by atoms with Gasteiger partial charge in [0.05, 0.1) is 24.7 Å². The SMILES string of the molecule is CCCCC[C@@H]1O[C@H](c2ccc(Br)cc2)C[C@@H]1C(=O)C(=O)OCC. The Kier molecular flexibility index (Phi) is 7.43. The number of hydrogen-bond acceptors (Lipinski definition) is 4. The van der Waals surface area contributed by atoms with E-state index in [-0.39, 0.29) is 18.8 Å². The first-order valence-corrected chi connectivity index (χ1v) is 9.48. The Morgan fingerprint density at radius 3 is 2.54 bits per heavy atom. The first-order valence-electron chi connectivity index (χ1n) is 8.68. The second-order valence-corrected chi connectivity index (χ2v) is 7.05. The third-order valence-electron chi connectivity index (χ3n) is 4.40. The standard InChI is InChI=1S/C19H25BrO4/c1-3-5-6-7-16-15(18(21)19(22)23-4-2)12-17(24-16)13-8-10-14(20)11-9-13/h8-11,15-17H,3-7,12H2,1-2H3/t15-,16-,17-/m0/s1. The van der Waals surface area contributed by atoms with Gasteiger partial charge in [-0.3, -0.25) is 4.79 Å². The first-order chi connectivity index (χ1) is 11.6. The molecule has 1 fully saturated rings. The van der Waals surface area contributed by atoms with Crippen LogP contribution in [-0.4, -0.2) is 24.5 Å². The predicted molar refractivity (Wildman–Crippen MR) is 95.6 cm³/mol. The average molecular weight is 397 g/mol. The zero-order valence-electron chi connectivity index (χ0n) is 14.3.